The van der Waals surface area contributed by atoms with Gasteiger partial charge in [-0.05, 0) is 12.5 Å². The molecule has 4 heteroatoms. The lowest BCUT2D eigenvalue weighted by molar-refractivity contribution is -0.173. The summed E-state index contributed by atoms with van der Waals surface area (Å²) in [6.45, 7) is 1.92. The normalized spacial score (nSPS) is 22.4. The summed E-state index contributed by atoms with van der Waals surface area (Å²) in [6.07, 6.45) is 0.211. The van der Waals surface area contributed by atoms with Gasteiger partial charge in [-0.15, -0.1) is 0 Å². The fraction of sp³-hybridized carbons (Fsp3) is 0.385. The molecule has 4 nitrogen and oxygen atoms in total. The molecule has 1 aliphatic rings. The number of Topliss-reactive ketones (excluding diaryl/α,β-unsaturated/α-hetero) is 1. The van der Waals surface area contributed by atoms with E-state index in [2.05, 4.69) is 0 Å². The molecule has 0 unspecified atom stereocenters. The molecule has 1 aromatic carbocycles. The van der Waals surface area contributed by atoms with E-state index in [-0.39, 0.29) is 18.8 Å². The second-order valence-corrected chi connectivity index (χ2v) is 3.86. The monoisotopic (exact) mass is 234 g/mol. The quantitative estimate of drug-likeness (QED) is 0.583. The molecule has 0 fully saturated rings. The van der Waals surface area contributed by atoms with E-state index in [1.165, 1.54) is 7.11 Å². The molecule has 0 saturated heterocycles. The van der Waals surface area contributed by atoms with Crippen molar-refractivity contribution in [3.63, 3.8) is 0 Å². The molecule has 0 radical (unpaired) electrons. The van der Waals surface area contributed by atoms with Gasteiger partial charge in [0.05, 0.1) is 6.61 Å². The van der Waals surface area contributed by atoms with Crippen LogP contribution in [0.1, 0.15) is 18.1 Å². The third-order valence-corrected chi connectivity index (χ3v) is 3.01. The maximum Gasteiger partial charge on any atom is 0.351 e. The Bertz CT molecular complexity index is 466. The largest absolute Gasteiger partial charge is 0.463 e. The number of ketones is 1. The summed E-state index contributed by atoms with van der Waals surface area (Å²) in [5.41, 5.74) is -0.134. The molecule has 17 heavy (non-hydrogen) atoms. The molecular weight excluding hydrogens is 220 g/mol. The standard InChI is InChI=1S/C13H14O4/c1-3-17-12(15)13(16-2)10-7-5-4-6-9(10)8-11(13)14/h4-7H,3,8H2,1-2H3/t13-/m0/s1. The molecule has 0 amide bonds. The number of esters is 1. The van der Waals surface area contributed by atoms with Crippen LogP contribution in [-0.4, -0.2) is 25.5 Å². The lowest BCUT2D eigenvalue weighted by Gasteiger charge is -2.24. The van der Waals surface area contributed by atoms with E-state index in [9.17, 15) is 9.59 Å². The molecule has 0 spiro atoms. The first-order chi connectivity index (χ1) is 8.16. The molecule has 90 valence electrons. The summed E-state index contributed by atoms with van der Waals surface area (Å²) in [4.78, 5) is 24.1. The SMILES string of the molecule is CCOC(=O)[C@@]1(OC)C(=O)Cc2ccccc21. The summed E-state index contributed by atoms with van der Waals surface area (Å²) < 4.78 is 10.2. The van der Waals surface area contributed by atoms with Crippen molar-refractivity contribution in [2.75, 3.05) is 13.7 Å². The first-order valence-electron chi connectivity index (χ1n) is 5.50. The zero-order valence-corrected chi connectivity index (χ0v) is 9.86. The Balaban J connectivity index is 2.54. The molecule has 0 N–H and O–H groups in total. The van der Waals surface area contributed by atoms with E-state index in [4.69, 9.17) is 9.47 Å². The lowest BCUT2D eigenvalue weighted by Crippen LogP contribution is -2.44. The van der Waals surface area contributed by atoms with Gasteiger partial charge in [-0.2, -0.15) is 0 Å². The highest BCUT2D eigenvalue weighted by Crippen LogP contribution is 2.37. The average Bonchev–Trinajstić information content (AvgIpc) is 2.62. The molecule has 2 rings (SSSR count). The maximum atomic E-state index is 12.1. The van der Waals surface area contributed by atoms with Crippen LogP contribution in [0, 0.1) is 0 Å². The van der Waals surface area contributed by atoms with E-state index < -0.39 is 11.6 Å². The lowest BCUT2D eigenvalue weighted by atomic mass is 9.95. The number of rotatable bonds is 3. The highest BCUT2D eigenvalue weighted by Gasteiger charge is 2.54. The van der Waals surface area contributed by atoms with Gasteiger partial charge >= 0.3 is 5.97 Å². The predicted molar refractivity (Wildman–Crippen MR) is 60.5 cm³/mol. The molecule has 1 atom stereocenters. The van der Waals surface area contributed by atoms with Crippen molar-refractivity contribution >= 4 is 11.8 Å². The van der Waals surface area contributed by atoms with Crippen molar-refractivity contribution in [1.82, 2.24) is 0 Å². The van der Waals surface area contributed by atoms with E-state index in [0.29, 0.717) is 5.56 Å². The smallest absolute Gasteiger partial charge is 0.351 e. The zero-order valence-electron chi connectivity index (χ0n) is 9.86. The fourth-order valence-corrected chi connectivity index (χ4v) is 2.23. The van der Waals surface area contributed by atoms with Crippen LogP contribution in [0.25, 0.3) is 0 Å². The van der Waals surface area contributed by atoms with E-state index in [0.717, 1.165) is 5.56 Å². The van der Waals surface area contributed by atoms with Gasteiger partial charge in [0.15, 0.2) is 5.78 Å². The van der Waals surface area contributed by atoms with E-state index in [1.54, 1.807) is 19.1 Å². The number of fused-ring (bicyclic) bond motifs is 1. The zero-order chi connectivity index (χ0) is 12.5. The van der Waals surface area contributed by atoms with Gasteiger partial charge in [-0.3, -0.25) is 4.79 Å². The minimum Gasteiger partial charge on any atom is -0.463 e. The van der Waals surface area contributed by atoms with Crippen LogP contribution in [0.5, 0.6) is 0 Å². The maximum absolute atomic E-state index is 12.1. The van der Waals surface area contributed by atoms with Crippen molar-refractivity contribution in [2.45, 2.75) is 18.9 Å². The number of methoxy groups -OCH3 is 1. The Kier molecular flexibility index (Phi) is 2.98. The van der Waals surface area contributed by atoms with Gasteiger partial charge in [0, 0.05) is 19.1 Å². The Morgan fingerprint density at radius 1 is 1.41 bits per heavy atom. The molecule has 0 saturated carbocycles. The van der Waals surface area contributed by atoms with Gasteiger partial charge in [0.1, 0.15) is 0 Å². The summed E-state index contributed by atoms with van der Waals surface area (Å²) in [7, 11) is 1.36. The highest BCUT2D eigenvalue weighted by atomic mass is 16.6. The number of carbonyl (C=O) groups is 2. The third kappa shape index (κ3) is 1.56. The molecule has 0 bridgehead atoms. The topological polar surface area (TPSA) is 52.6 Å². The van der Waals surface area contributed by atoms with Crippen LogP contribution in [0.2, 0.25) is 0 Å². The molecular formula is C13H14O4. The van der Waals surface area contributed by atoms with Crippen molar-refractivity contribution in [1.29, 1.82) is 0 Å². The van der Waals surface area contributed by atoms with Crippen molar-refractivity contribution < 1.29 is 19.1 Å². The van der Waals surface area contributed by atoms with Crippen LogP contribution in [0.3, 0.4) is 0 Å². The molecule has 0 heterocycles. The van der Waals surface area contributed by atoms with Gasteiger partial charge in [-0.25, -0.2) is 4.79 Å². The van der Waals surface area contributed by atoms with Crippen LogP contribution in [-0.2, 0) is 31.1 Å². The second-order valence-electron chi connectivity index (χ2n) is 3.86. The molecule has 0 aliphatic heterocycles. The minimum absolute atomic E-state index is 0.211. The van der Waals surface area contributed by atoms with Crippen LogP contribution >= 0.6 is 0 Å². The van der Waals surface area contributed by atoms with Crippen LogP contribution in [0.4, 0.5) is 0 Å². The Morgan fingerprint density at radius 2 is 2.12 bits per heavy atom. The summed E-state index contributed by atoms with van der Waals surface area (Å²) in [5, 5.41) is 0. The van der Waals surface area contributed by atoms with Crippen molar-refractivity contribution in [2.24, 2.45) is 0 Å². The Labute approximate surface area is 99.5 Å². The molecule has 1 aliphatic carbocycles. The van der Waals surface area contributed by atoms with Gasteiger partial charge in [0.2, 0.25) is 5.60 Å². The van der Waals surface area contributed by atoms with Crippen LogP contribution < -0.4 is 0 Å². The average molecular weight is 234 g/mol. The summed E-state index contributed by atoms with van der Waals surface area (Å²) in [5.74, 6) is -0.892. The number of hydrogen-bond donors (Lipinski definition) is 0. The first-order valence-corrected chi connectivity index (χ1v) is 5.50. The Morgan fingerprint density at radius 3 is 2.76 bits per heavy atom. The number of ether oxygens (including phenoxy) is 2. The second kappa shape index (κ2) is 4.30. The molecule has 0 aromatic heterocycles. The number of carbonyl (C=O) groups excluding carboxylic acids is 2. The first kappa shape index (κ1) is 11.8. The predicted octanol–water partition coefficient (Wildman–Crippen LogP) is 1.22. The van der Waals surface area contributed by atoms with Crippen molar-refractivity contribution in [3.05, 3.63) is 35.4 Å². The summed E-state index contributed by atoms with van der Waals surface area (Å²) in [6, 6.07) is 7.18. The van der Waals surface area contributed by atoms with E-state index >= 15 is 0 Å². The van der Waals surface area contributed by atoms with Crippen molar-refractivity contribution in [3.8, 4) is 0 Å². The van der Waals surface area contributed by atoms with Gasteiger partial charge in [0.25, 0.3) is 0 Å². The van der Waals surface area contributed by atoms with E-state index in [1.807, 2.05) is 12.1 Å². The highest BCUT2D eigenvalue weighted by molar-refractivity contribution is 6.11. The summed E-state index contributed by atoms with van der Waals surface area (Å²) >= 11 is 0. The van der Waals surface area contributed by atoms with Gasteiger partial charge < -0.3 is 9.47 Å². The number of hydrogen-bond acceptors (Lipinski definition) is 4. The molecule has 1 aromatic rings. The minimum atomic E-state index is -1.56. The Hall–Kier alpha value is -1.68. The number of benzene rings is 1. The van der Waals surface area contributed by atoms with Gasteiger partial charge in [-0.1, -0.05) is 24.3 Å². The fourth-order valence-electron chi connectivity index (χ4n) is 2.23. The van der Waals surface area contributed by atoms with Crippen LogP contribution in [0.15, 0.2) is 24.3 Å². The third-order valence-electron chi connectivity index (χ3n) is 3.01.